The topological polar surface area (TPSA) is 67.0 Å². The molecule has 2 N–H and O–H groups in total. The lowest BCUT2D eigenvalue weighted by molar-refractivity contribution is 0.102. The molecule has 29 heavy (non-hydrogen) atoms. The molecule has 1 amide bonds. The van der Waals surface area contributed by atoms with Gasteiger partial charge < -0.3 is 15.0 Å². The number of benzene rings is 3. The van der Waals surface area contributed by atoms with Crippen LogP contribution in [0.1, 0.15) is 10.4 Å². The number of H-pyrrole nitrogens is 1. The van der Waals surface area contributed by atoms with Crippen LogP contribution in [0.5, 0.6) is 5.75 Å². The first-order chi connectivity index (χ1) is 14.2. The monoisotopic (exact) mass is 399 g/mol. The van der Waals surface area contributed by atoms with Crippen LogP contribution in [-0.2, 0) is 0 Å². The number of rotatable bonds is 4. The van der Waals surface area contributed by atoms with Crippen LogP contribution < -0.4 is 10.1 Å². The predicted octanol–water partition coefficient (Wildman–Crippen LogP) is 5.71. The van der Waals surface area contributed by atoms with Gasteiger partial charge in [0, 0.05) is 32.8 Å². The van der Waals surface area contributed by atoms with E-state index in [0.29, 0.717) is 5.56 Å². The van der Waals surface area contributed by atoms with Crippen LogP contribution >= 0.6 is 11.3 Å². The summed E-state index contributed by atoms with van der Waals surface area (Å²) < 4.78 is 6.37. The van der Waals surface area contributed by atoms with E-state index in [0.717, 1.165) is 43.9 Å². The number of methoxy groups -OCH3 is 1. The van der Waals surface area contributed by atoms with E-state index < -0.39 is 0 Å². The molecule has 0 aliphatic carbocycles. The van der Waals surface area contributed by atoms with Crippen molar-refractivity contribution in [3.05, 3.63) is 77.7 Å². The average Bonchev–Trinajstić information content (AvgIpc) is 3.38. The Kier molecular flexibility index (Phi) is 4.26. The van der Waals surface area contributed by atoms with Gasteiger partial charge >= 0.3 is 0 Å². The van der Waals surface area contributed by atoms with Crippen LogP contribution in [0, 0.1) is 0 Å². The highest BCUT2D eigenvalue weighted by molar-refractivity contribution is 7.17. The quantitative estimate of drug-likeness (QED) is 0.407. The Bertz CT molecular complexity index is 1340. The van der Waals surface area contributed by atoms with Crippen molar-refractivity contribution in [2.45, 2.75) is 0 Å². The predicted molar refractivity (Wildman–Crippen MR) is 118 cm³/mol. The lowest BCUT2D eigenvalue weighted by Crippen LogP contribution is -2.11. The molecule has 5 rings (SSSR count). The number of nitrogens with one attached hydrogen (secondary N) is 2. The van der Waals surface area contributed by atoms with Gasteiger partial charge in [0.15, 0.2) is 0 Å². The minimum atomic E-state index is -0.106. The number of carbonyl (C=O) groups is 1. The van der Waals surface area contributed by atoms with Gasteiger partial charge in [0.2, 0.25) is 0 Å². The molecule has 3 aromatic carbocycles. The molecule has 5 nitrogen and oxygen atoms in total. The Balaban J connectivity index is 1.38. The Morgan fingerprint density at radius 3 is 2.72 bits per heavy atom. The summed E-state index contributed by atoms with van der Waals surface area (Å²) in [6.07, 6.45) is 0. The fraction of sp³-hybridized carbons (Fsp3) is 0.0435. The first-order valence-electron chi connectivity index (χ1n) is 9.13. The third-order valence-electron chi connectivity index (χ3n) is 4.83. The number of aromatic nitrogens is 2. The summed E-state index contributed by atoms with van der Waals surface area (Å²) in [5.74, 6) is 1.45. The maximum Gasteiger partial charge on any atom is 0.257 e. The Labute approximate surface area is 171 Å². The molecule has 0 spiro atoms. The maximum absolute atomic E-state index is 12.7. The molecular formula is C23H17N3O2S. The van der Waals surface area contributed by atoms with Crippen molar-refractivity contribution in [2.24, 2.45) is 0 Å². The summed E-state index contributed by atoms with van der Waals surface area (Å²) in [7, 11) is 1.64. The molecule has 2 heterocycles. The van der Waals surface area contributed by atoms with Crippen LogP contribution in [0.15, 0.2) is 72.1 Å². The van der Waals surface area contributed by atoms with Crippen molar-refractivity contribution in [3.63, 3.8) is 0 Å². The van der Waals surface area contributed by atoms with Gasteiger partial charge in [-0.15, -0.1) is 11.3 Å². The van der Waals surface area contributed by atoms with E-state index in [-0.39, 0.29) is 5.91 Å². The zero-order chi connectivity index (χ0) is 19.8. The maximum atomic E-state index is 12.7. The molecule has 0 aliphatic heterocycles. The standard InChI is InChI=1S/C23H17N3O2S/c1-28-16-10-11-19-20(12-16)26-22(25-19)14-6-8-15(9-7-14)24-23(27)18-13-29-21-5-3-2-4-17(18)21/h2-13H,1H3,(H,24,27)(H,25,26). The molecule has 5 aromatic rings. The van der Waals surface area contributed by atoms with Gasteiger partial charge in [-0.2, -0.15) is 0 Å². The third-order valence-corrected chi connectivity index (χ3v) is 5.79. The second kappa shape index (κ2) is 7.07. The lowest BCUT2D eigenvalue weighted by atomic mass is 10.1. The summed E-state index contributed by atoms with van der Waals surface area (Å²) in [5, 5.41) is 5.85. The lowest BCUT2D eigenvalue weighted by Gasteiger charge is -2.05. The SMILES string of the molecule is COc1ccc2nc(-c3ccc(NC(=O)c4csc5ccccc45)cc3)[nH]c2c1. The van der Waals surface area contributed by atoms with Crippen LogP contribution in [0.25, 0.3) is 32.5 Å². The first-order valence-corrected chi connectivity index (χ1v) is 10.0. The zero-order valence-corrected chi connectivity index (χ0v) is 16.4. The van der Waals surface area contributed by atoms with Crippen LogP contribution in [-0.4, -0.2) is 23.0 Å². The summed E-state index contributed by atoms with van der Waals surface area (Å²) >= 11 is 1.57. The highest BCUT2D eigenvalue weighted by Gasteiger charge is 2.12. The molecule has 6 heteroatoms. The van der Waals surface area contributed by atoms with Gasteiger partial charge in [-0.3, -0.25) is 4.79 Å². The number of ether oxygens (including phenoxy) is 1. The van der Waals surface area contributed by atoms with Crippen molar-refractivity contribution >= 4 is 44.1 Å². The molecule has 0 unspecified atom stereocenters. The number of aromatic amines is 1. The number of nitrogens with zero attached hydrogens (tertiary/aromatic N) is 1. The van der Waals surface area contributed by atoms with E-state index in [1.54, 1.807) is 18.4 Å². The normalized spacial score (nSPS) is 11.1. The summed E-state index contributed by atoms with van der Waals surface area (Å²) in [4.78, 5) is 20.6. The Morgan fingerprint density at radius 2 is 1.90 bits per heavy atom. The molecule has 0 aliphatic rings. The number of amides is 1. The fourth-order valence-corrected chi connectivity index (χ4v) is 4.26. The molecule has 2 aromatic heterocycles. The van der Waals surface area contributed by atoms with Crippen molar-refractivity contribution < 1.29 is 9.53 Å². The van der Waals surface area contributed by atoms with Gasteiger partial charge in [-0.05, 0) is 42.5 Å². The number of thiophene rings is 1. The highest BCUT2D eigenvalue weighted by Crippen LogP contribution is 2.27. The number of hydrogen-bond donors (Lipinski definition) is 2. The van der Waals surface area contributed by atoms with Crippen molar-refractivity contribution in [1.82, 2.24) is 9.97 Å². The van der Waals surface area contributed by atoms with E-state index in [9.17, 15) is 4.79 Å². The Hall–Kier alpha value is -3.64. The number of imidazole rings is 1. The highest BCUT2D eigenvalue weighted by atomic mass is 32.1. The summed E-state index contributed by atoms with van der Waals surface area (Å²) in [6.45, 7) is 0. The molecule has 0 fully saturated rings. The molecular weight excluding hydrogens is 382 g/mol. The molecule has 0 saturated heterocycles. The summed E-state index contributed by atoms with van der Waals surface area (Å²) in [5.41, 5.74) is 4.18. The van der Waals surface area contributed by atoms with Gasteiger partial charge in [0.05, 0.1) is 23.7 Å². The second-order valence-corrected chi connectivity index (χ2v) is 7.56. The number of fused-ring (bicyclic) bond motifs is 2. The van der Waals surface area contributed by atoms with Crippen LogP contribution in [0.2, 0.25) is 0 Å². The third kappa shape index (κ3) is 3.23. The average molecular weight is 399 g/mol. The fourth-order valence-electron chi connectivity index (χ4n) is 3.32. The number of anilines is 1. The first kappa shape index (κ1) is 17.5. The van der Waals surface area contributed by atoms with Gasteiger partial charge in [-0.25, -0.2) is 4.98 Å². The van der Waals surface area contributed by atoms with Gasteiger partial charge in [0.25, 0.3) is 5.91 Å². The van der Waals surface area contributed by atoms with Crippen molar-refractivity contribution in [3.8, 4) is 17.1 Å². The van der Waals surface area contributed by atoms with Crippen LogP contribution in [0.4, 0.5) is 5.69 Å². The van der Waals surface area contributed by atoms with E-state index in [4.69, 9.17) is 4.74 Å². The van der Waals surface area contributed by atoms with Gasteiger partial charge in [0.1, 0.15) is 11.6 Å². The van der Waals surface area contributed by atoms with E-state index in [1.807, 2.05) is 72.1 Å². The Morgan fingerprint density at radius 1 is 1.07 bits per heavy atom. The van der Waals surface area contributed by atoms with Gasteiger partial charge in [-0.1, -0.05) is 18.2 Å². The molecule has 142 valence electrons. The number of hydrogen-bond acceptors (Lipinski definition) is 4. The molecule has 0 radical (unpaired) electrons. The van der Waals surface area contributed by atoms with Crippen molar-refractivity contribution in [2.75, 3.05) is 12.4 Å². The molecule has 0 atom stereocenters. The second-order valence-electron chi connectivity index (χ2n) is 6.65. The zero-order valence-electron chi connectivity index (χ0n) is 15.6. The van der Waals surface area contributed by atoms with Crippen LogP contribution in [0.3, 0.4) is 0 Å². The minimum absolute atomic E-state index is 0.106. The van der Waals surface area contributed by atoms with Crippen molar-refractivity contribution in [1.29, 1.82) is 0 Å². The molecule has 0 bridgehead atoms. The number of carbonyl (C=O) groups excluding carboxylic acids is 1. The molecule has 0 saturated carbocycles. The summed E-state index contributed by atoms with van der Waals surface area (Å²) in [6, 6.07) is 21.3. The largest absolute Gasteiger partial charge is 0.497 e. The minimum Gasteiger partial charge on any atom is -0.497 e. The van der Waals surface area contributed by atoms with E-state index in [1.165, 1.54) is 0 Å². The smallest absolute Gasteiger partial charge is 0.257 e. The van der Waals surface area contributed by atoms with E-state index in [2.05, 4.69) is 15.3 Å². The van der Waals surface area contributed by atoms with E-state index >= 15 is 0 Å².